The summed E-state index contributed by atoms with van der Waals surface area (Å²) in [6.07, 6.45) is -0.551. The largest absolute Gasteiger partial charge is 0.493 e. The van der Waals surface area contributed by atoms with Crippen LogP contribution in [0.3, 0.4) is 0 Å². The molecule has 7 heteroatoms. The van der Waals surface area contributed by atoms with Crippen LogP contribution in [0, 0.1) is 0 Å². The number of carbonyl (C=O) groups is 1. The van der Waals surface area contributed by atoms with Gasteiger partial charge in [-0.25, -0.2) is 0 Å². The third-order valence-corrected chi connectivity index (χ3v) is 6.61. The minimum absolute atomic E-state index is 0.221. The lowest BCUT2D eigenvalue weighted by molar-refractivity contribution is 0.111. The number of aldehydes is 1. The summed E-state index contributed by atoms with van der Waals surface area (Å²) in [5.74, 6) is 2.29. The lowest BCUT2D eigenvalue weighted by Gasteiger charge is -2.23. The number of para-hydroxylation sites is 2. The summed E-state index contributed by atoms with van der Waals surface area (Å²) < 4.78 is 28.5. The number of ether oxygens (including phenoxy) is 5. The highest BCUT2D eigenvalue weighted by molar-refractivity contribution is 5.89. The van der Waals surface area contributed by atoms with Crippen molar-refractivity contribution >= 4 is 6.29 Å². The first-order valence-corrected chi connectivity index (χ1v) is 13.1. The summed E-state index contributed by atoms with van der Waals surface area (Å²) in [5.41, 5.74) is 4.55. The first kappa shape index (κ1) is 28.5. The molecule has 0 bridgehead atoms. The van der Waals surface area contributed by atoms with Crippen molar-refractivity contribution in [1.29, 1.82) is 0 Å². The number of hydrogen-bond donors (Lipinski definition) is 1. The average Bonchev–Trinajstić information content (AvgIpc) is 3.00. The zero-order chi connectivity index (χ0) is 28.6. The second kappa shape index (κ2) is 13.0. The standard InChI is InChI=1S/C33H34O7/c1-6-39-27-14-10-8-12-24(27)23-17-16-21(18-26(23)25-13-9-11-15-28(25)40-7-2)31(35)30-22(20-34)19-29(36-3)32(37-4)33(30)38-5/h8-20,31,35H,6-7H2,1-5H3. The molecule has 208 valence electrons. The summed E-state index contributed by atoms with van der Waals surface area (Å²) in [6.45, 7) is 4.90. The number of hydrogen-bond acceptors (Lipinski definition) is 7. The van der Waals surface area contributed by atoms with Crippen LogP contribution in [0.25, 0.3) is 22.3 Å². The van der Waals surface area contributed by atoms with Crippen LogP contribution in [0.2, 0.25) is 0 Å². The molecule has 1 unspecified atom stereocenters. The van der Waals surface area contributed by atoms with Crippen molar-refractivity contribution in [3.8, 4) is 51.0 Å². The van der Waals surface area contributed by atoms with Crippen LogP contribution in [-0.4, -0.2) is 45.9 Å². The molecule has 0 aromatic heterocycles. The molecule has 0 fully saturated rings. The maximum atomic E-state index is 12.1. The Hall–Kier alpha value is -4.49. The fraction of sp³-hybridized carbons (Fsp3) is 0.242. The SMILES string of the molecule is CCOc1ccccc1-c1ccc(C(O)c2c(C=O)cc(OC)c(OC)c2OC)cc1-c1ccccc1OCC. The van der Waals surface area contributed by atoms with Gasteiger partial charge < -0.3 is 28.8 Å². The Morgan fingerprint density at radius 3 is 1.77 bits per heavy atom. The quantitative estimate of drug-likeness (QED) is 0.199. The number of aliphatic hydroxyl groups is 1. The van der Waals surface area contributed by atoms with E-state index in [2.05, 4.69) is 0 Å². The third-order valence-electron chi connectivity index (χ3n) is 6.61. The van der Waals surface area contributed by atoms with Gasteiger partial charge in [-0.05, 0) is 54.8 Å². The molecule has 0 spiro atoms. The summed E-state index contributed by atoms with van der Waals surface area (Å²) >= 11 is 0. The molecule has 4 rings (SSSR count). The molecule has 0 aliphatic heterocycles. The number of aliphatic hydroxyl groups excluding tert-OH is 1. The zero-order valence-electron chi connectivity index (χ0n) is 23.4. The minimum Gasteiger partial charge on any atom is -0.493 e. The Morgan fingerprint density at radius 2 is 1.25 bits per heavy atom. The van der Waals surface area contributed by atoms with Crippen molar-refractivity contribution < 1.29 is 33.6 Å². The topological polar surface area (TPSA) is 83.5 Å². The van der Waals surface area contributed by atoms with Gasteiger partial charge in [-0.1, -0.05) is 48.5 Å². The molecule has 0 saturated heterocycles. The van der Waals surface area contributed by atoms with Gasteiger partial charge in [-0.3, -0.25) is 4.79 Å². The average molecular weight is 543 g/mol. The van der Waals surface area contributed by atoms with Crippen molar-refractivity contribution in [2.24, 2.45) is 0 Å². The van der Waals surface area contributed by atoms with Crippen LogP contribution in [0.4, 0.5) is 0 Å². The lowest BCUT2D eigenvalue weighted by atomic mass is 9.88. The monoisotopic (exact) mass is 542 g/mol. The number of methoxy groups -OCH3 is 3. The van der Waals surface area contributed by atoms with E-state index in [4.69, 9.17) is 23.7 Å². The maximum Gasteiger partial charge on any atom is 0.203 e. The molecule has 0 amide bonds. The second-order valence-corrected chi connectivity index (χ2v) is 8.83. The molecule has 0 radical (unpaired) electrons. The van der Waals surface area contributed by atoms with Crippen molar-refractivity contribution in [1.82, 2.24) is 0 Å². The van der Waals surface area contributed by atoms with Gasteiger partial charge in [-0.2, -0.15) is 0 Å². The van der Waals surface area contributed by atoms with E-state index < -0.39 is 6.10 Å². The molecule has 0 saturated carbocycles. The van der Waals surface area contributed by atoms with Gasteiger partial charge in [0.15, 0.2) is 17.8 Å². The zero-order valence-corrected chi connectivity index (χ0v) is 23.4. The van der Waals surface area contributed by atoms with Gasteiger partial charge >= 0.3 is 0 Å². The van der Waals surface area contributed by atoms with Crippen LogP contribution in [0.1, 0.15) is 41.4 Å². The van der Waals surface area contributed by atoms with Crippen LogP contribution in [0.5, 0.6) is 28.7 Å². The summed E-state index contributed by atoms with van der Waals surface area (Å²) in [5, 5.41) is 11.8. The Bertz CT molecular complexity index is 1480. The van der Waals surface area contributed by atoms with E-state index in [1.807, 2.05) is 80.6 Å². The number of rotatable bonds is 12. The molecule has 0 aliphatic carbocycles. The second-order valence-electron chi connectivity index (χ2n) is 8.83. The van der Waals surface area contributed by atoms with Gasteiger partial charge in [0, 0.05) is 22.3 Å². The van der Waals surface area contributed by atoms with Gasteiger partial charge in [0.1, 0.15) is 17.6 Å². The van der Waals surface area contributed by atoms with Gasteiger partial charge in [-0.15, -0.1) is 0 Å². The molecular formula is C33H34O7. The van der Waals surface area contributed by atoms with E-state index >= 15 is 0 Å². The molecule has 1 atom stereocenters. The predicted octanol–water partition coefficient (Wildman–Crippen LogP) is 6.74. The van der Waals surface area contributed by atoms with Crippen molar-refractivity contribution in [2.45, 2.75) is 20.0 Å². The number of benzene rings is 4. The molecule has 1 N–H and O–H groups in total. The smallest absolute Gasteiger partial charge is 0.203 e. The molecule has 0 heterocycles. The molecule has 4 aromatic carbocycles. The fourth-order valence-electron chi connectivity index (χ4n) is 4.87. The van der Waals surface area contributed by atoms with Crippen LogP contribution in [0.15, 0.2) is 72.8 Å². The normalized spacial score (nSPS) is 11.4. The Morgan fingerprint density at radius 1 is 0.675 bits per heavy atom. The van der Waals surface area contributed by atoms with Gasteiger partial charge in [0.05, 0.1) is 34.5 Å². The predicted molar refractivity (Wildman–Crippen MR) is 155 cm³/mol. The summed E-state index contributed by atoms with van der Waals surface area (Å²) in [6, 6.07) is 22.8. The van der Waals surface area contributed by atoms with Gasteiger partial charge in [0.25, 0.3) is 0 Å². The van der Waals surface area contributed by atoms with E-state index in [0.29, 0.717) is 36.6 Å². The van der Waals surface area contributed by atoms with Crippen LogP contribution in [-0.2, 0) is 0 Å². The molecule has 4 aromatic rings. The van der Waals surface area contributed by atoms with Crippen LogP contribution < -0.4 is 23.7 Å². The highest BCUT2D eigenvalue weighted by atomic mass is 16.5. The summed E-state index contributed by atoms with van der Waals surface area (Å²) in [4.78, 5) is 12.1. The molecule has 40 heavy (non-hydrogen) atoms. The number of carbonyl (C=O) groups excluding carboxylic acids is 1. The highest BCUT2D eigenvalue weighted by Gasteiger charge is 2.27. The summed E-state index contributed by atoms with van der Waals surface area (Å²) in [7, 11) is 4.41. The van der Waals surface area contributed by atoms with Crippen LogP contribution >= 0.6 is 0 Å². The Kier molecular flexibility index (Phi) is 9.30. The minimum atomic E-state index is -1.22. The third kappa shape index (κ3) is 5.46. The van der Waals surface area contributed by atoms with E-state index in [-0.39, 0.29) is 22.6 Å². The first-order chi connectivity index (χ1) is 19.5. The fourth-order valence-corrected chi connectivity index (χ4v) is 4.87. The Labute approximate surface area is 234 Å². The van der Waals surface area contributed by atoms with E-state index in [0.717, 1.165) is 28.0 Å². The van der Waals surface area contributed by atoms with Crippen molar-refractivity contribution in [2.75, 3.05) is 34.5 Å². The van der Waals surface area contributed by atoms with E-state index in [9.17, 15) is 9.90 Å². The highest BCUT2D eigenvalue weighted by Crippen LogP contribution is 2.47. The van der Waals surface area contributed by atoms with E-state index in [1.165, 1.54) is 27.4 Å². The lowest BCUT2D eigenvalue weighted by Crippen LogP contribution is -2.09. The molecule has 0 aliphatic rings. The first-order valence-electron chi connectivity index (χ1n) is 13.1. The van der Waals surface area contributed by atoms with Gasteiger partial charge in [0.2, 0.25) is 5.75 Å². The maximum absolute atomic E-state index is 12.1. The van der Waals surface area contributed by atoms with Crippen molar-refractivity contribution in [3.05, 3.63) is 89.5 Å². The Balaban J connectivity index is 1.99. The molecule has 7 nitrogen and oxygen atoms in total. The molecular weight excluding hydrogens is 508 g/mol. The van der Waals surface area contributed by atoms with E-state index in [1.54, 1.807) is 0 Å². The van der Waals surface area contributed by atoms with Crippen molar-refractivity contribution in [3.63, 3.8) is 0 Å².